The molecule has 0 radical (unpaired) electrons. The van der Waals surface area contributed by atoms with Gasteiger partial charge in [-0.25, -0.2) is 9.18 Å². The molecular weight excluding hydrogens is 397 g/mol. The molecule has 0 atom stereocenters. The fourth-order valence-electron chi connectivity index (χ4n) is 4.71. The van der Waals surface area contributed by atoms with Crippen molar-refractivity contribution in [3.63, 3.8) is 0 Å². The van der Waals surface area contributed by atoms with Gasteiger partial charge >= 0.3 is 6.09 Å². The van der Waals surface area contributed by atoms with Gasteiger partial charge in [-0.3, -0.25) is 4.68 Å². The van der Waals surface area contributed by atoms with Gasteiger partial charge in [0.1, 0.15) is 18.4 Å². The van der Waals surface area contributed by atoms with Crippen LogP contribution in [-0.4, -0.2) is 46.8 Å². The van der Waals surface area contributed by atoms with E-state index in [0.717, 1.165) is 23.6 Å². The number of hydrogen-bond donors (Lipinski definition) is 0. The van der Waals surface area contributed by atoms with Gasteiger partial charge in [0, 0.05) is 19.0 Å². The highest BCUT2D eigenvalue weighted by Crippen LogP contribution is 2.44. The molecule has 3 aromatic rings. The van der Waals surface area contributed by atoms with E-state index in [1.54, 1.807) is 4.90 Å². The van der Waals surface area contributed by atoms with E-state index in [2.05, 4.69) is 29.4 Å². The van der Waals surface area contributed by atoms with Gasteiger partial charge in [0.2, 0.25) is 0 Å². The summed E-state index contributed by atoms with van der Waals surface area (Å²) in [5.41, 5.74) is 3.76. The van der Waals surface area contributed by atoms with Gasteiger partial charge < -0.3 is 14.4 Å². The molecule has 1 amide bonds. The van der Waals surface area contributed by atoms with Crippen molar-refractivity contribution < 1.29 is 18.7 Å². The van der Waals surface area contributed by atoms with Crippen LogP contribution in [0.2, 0.25) is 0 Å². The molecular formula is C24H22FN3O3. The summed E-state index contributed by atoms with van der Waals surface area (Å²) in [4.78, 5) is 26.1. The number of aldehydes is 1. The number of hydrogen-bond acceptors (Lipinski definition) is 4. The van der Waals surface area contributed by atoms with E-state index < -0.39 is 17.4 Å². The van der Waals surface area contributed by atoms with Crippen molar-refractivity contribution in [2.45, 2.75) is 24.3 Å². The summed E-state index contributed by atoms with van der Waals surface area (Å²) in [5, 5.41) is 3.96. The minimum atomic E-state index is -0.926. The van der Waals surface area contributed by atoms with Gasteiger partial charge in [-0.15, -0.1) is 0 Å². The van der Waals surface area contributed by atoms with Crippen LogP contribution in [0.25, 0.3) is 11.1 Å². The van der Waals surface area contributed by atoms with Crippen LogP contribution >= 0.6 is 0 Å². The van der Waals surface area contributed by atoms with Gasteiger partial charge in [0.05, 0.1) is 12.4 Å². The van der Waals surface area contributed by atoms with Gasteiger partial charge in [-0.05, 0) is 35.1 Å². The Bertz CT molecular complexity index is 1090. The smallest absolute Gasteiger partial charge is 0.409 e. The van der Waals surface area contributed by atoms with Crippen LogP contribution in [0.1, 0.15) is 29.9 Å². The molecule has 2 heterocycles. The molecule has 5 rings (SSSR count). The predicted octanol–water partition coefficient (Wildman–Crippen LogP) is 3.96. The summed E-state index contributed by atoms with van der Waals surface area (Å²) in [6.07, 6.45) is 3.44. The second-order valence-corrected chi connectivity index (χ2v) is 8.12. The van der Waals surface area contributed by atoms with Crippen LogP contribution in [0.15, 0.2) is 60.9 Å². The molecule has 2 aliphatic rings. The largest absolute Gasteiger partial charge is 0.448 e. The van der Waals surface area contributed by atoms with E-state index in [1.807, 2.05) is 24.3 Å². The molecule has 7 heteroatoms. The SMILES string of the molecule is O=CC1(n2cc(F)cn2)CCN(C(=O)OCC2c3ccccc3-c3ccccc32)CC1. The molecule has 1 fully saturated rings. The number of aromatic nitrogens is 2. The molecule has 0 unspecified atom stereocenters. The molecule has 6 nitrogen and oxygen atoms in total. The summed E-state index contributed by atoms with van der Waals surface area (Å²) >= 11 is 0. The van der Waals surface area contributed by atoms with Crippen molar-refractivity contribution in [1.82, 2.24) is 14.7 Å². The van der Waals surface area contributed by atoms with Crippen molar-refractivity contribution in [3.05, 3.63) is 77.9 Å². The molecule has 1 aliphatic carbocycles. The number of rotatable bonds is 4. The van der Waals surface area contributed by atoms with Crippen LogP contribution in [-0.2, 0) is 15.1 Å². The van der Waals surface area contributed by atoms with E-state index in [4.69, 9.17) is 4.74 Å². The Kier molecular flexibility index (Phi) is 4.81. The second-order valence-electron chi connectivity index (χ2n) is 8.12. The molecule has 1 saturated heterocycles. The fraction of sp³-hybridized carbons (Fsp3) is 0.292. The summed E-state index contributed by atoms with van der Waals surface area (Å²) in [6.45, 7) is 0.945. The zero-order chi connectivity index (χ0) is 21.4. The number of amides is 1. The predicted molar refractivity (Wildman–Crippen MR) is 112 cm³/mol. The van der Waals surface area contributed by atoms with E-state index in [-0.39, 0.29) is 12.5 Å². The average Bonchev–Trinajstić information content (AvgIpc) is 3.39. The molecule has 158 valence electrons. The van der Waals surface area contributed by atoms with Crippen molar-refractivity contribution in [2.75, 3.05) is 19.7 Å². The Morgan fingerprint density at radius 1 is 1.10 bits per heavy atom. The highest BCUT2D eigenvalue weighted by atomic mass is 19.1. The Morgan fingerprint density at radius 3 is 2.26 bits per heavy atom. The van der Waals surface area contributed by atoms with Crippen molar-refractivity contribution in [2.24, 2.45) is 0 Å². The molecule has 0 bridgehead atoms. The number of halogens is 1. The van der Waals surface area contributed by atoms with Crippen LogP contribution in [0.5, 0.6) is 0 Å². The van der Waals surface area contributed by atoms with E-state index >= 15 is 0 Å². The lowest BCUT2D eigenvalue weighted by Gasteiger charge is -2.37. The Hall–Kier alpha value is -3.48. The van der Waals surface area contributed by atoms with E-state index in [1.165, 1.54) is 22.0 Å². The second kappa shape index (κ2) is 7.65. The molecule has 0 spiro atoms. The third kappa shape index (κ3) is 3.30. The van der Waals surface area contributed by atoms with Crippen LogP contribution < -0.4 is 0 Å². The minimum absolute atomic E-state index is 0.00209. The maximum atomic E-state index is 13.4. The Balaban J connectivity index is 1.26. The quantitative estimate of drug-likeness (QED) is 0.601. The van der Waals surface area contributed by atoms with Gasteiger partial charge in [-0.1, -0.05) is 48.5 Å². The van der Waals surface area contributed by atoms with Crippen molar-refractivity contribution >= 4 is 12.4 Å². The third-order valence-electron chi connectivity index (χ3n) is 6.45. The number of nitrogens with zero attached hydrogens (tertiary/aromatic N) is 3. The molecule has 1 aromatic heterocycles. The maximum absolute atomic E-state index is 13.4. The van der Waals surface area contributed by atoms with Gasteiger partial charge in [0.15, 0.2) is 5.82 Å². The van der Waals surface area contributed by atoms with Crippen LogP contribution in [0.3, 0.4) is 0 Å². The molecule has 2 aromatic carbocycles. The standard InChI is InChI=1S/C24H22FN3O3/c25-17-13-26-28(14-17)24(16-29)9-11-27(12-10-24)23(30)31-15-22-20-7-3-1-5-18(20)19-6-2-4-8-21(19)22/h1-8,13-14,16,22H,9-12,15H2. The maximum Gasteiger partial charge on any atom is 0.409 e. The number of carbonyl (C=O) groups is 2. The third-order valence-corrected chi connectivity index (χ3v) is 6.45. The van der Waals surface area contributed by atoms with Crippen LogP contribution in [0.4, 0.5) is 9.18 Å². The van der Waals surface area contributed by atoms with Crippen molar-refractivity contribution in [1.29, 1.82) is 0 Å². The van der Waals surface area contributed by atoms with Crippen LogP contribution in [0, 0.1) is 5.82 Å². The monoisotopic (exact) mass is 419 g/mol. The summed E-state index contributed by atoms with van der Waals surface area (Å²) < 4.78 is 20.4. The zero-order valence-electron chi connectivity index (χ0n) is 16.9. The highest BCUT2D eigenvalue weighted by molar-refractivity contribution is 5.79. The van der Waals surface area contributed by atoms with Gasteiger partial charge in [0.25, 0.3) is 0 Å². The highest BCUT2D eigenvalue weighted by Gasteiger charge is 2.39. The Labute approximate surface area is 179 Å². The number of ether oxygens (including phenoxy) is 1. The fourth-order valence-corrected chi connectivity index (χ4v) is 4.71. The first-order valence-electron chi connectivity index (χ1n) is 10.4. The summed E-state index contributed by atoms with van der Waals surface area (Å²) in [5.74, 6) is -0.484. The first-order chi connectivity index (χ1) is 15.1. The molecule has 0 N–H and O–H groups in total. The first kappa shape index (κ1) is 19.5. The summed E-state index contributed by atoms with van der Waals surface area (Å²) in [6, 6.07) is 16.4. The van der Waals surface area contributed by atoms with Crippen molar-refractivity contribution in [3.8, 4) is 11.1 Å². The number of likely N-dealkylation sites (tertiary alicyclic amines) is 1. The number of benzene rings is 2. The number of carbonyl (C=O) groups excluding carboxylic acids is 2. The minimum Gasteiger partial charge on any atom is -0.448 e. The Morgan fingerprint density at radius 2 is 1.71 bits per heavy atom. The number of fused-ring (bicyclic) bond motifs is 3. The average molecular weight is 419 g/mol. The van der Waals surface area contributed by atoms with Gasteiger partial charge in [-0.2, -0.15) is 5.10 Å². The topological polar surface area (TPSA) is 64.4 Å². The lowest BCUT2D eigenvalue weighted by Crippen LogP contribution is -2.49. The van der Waals surface area contributed by atoms with E-state index in [9.17, 15) is 14.0 Å². The molecule has 31 heavy (non-hydrogen) atoms. The lowest BCUT2D eigenvalue weighted by molar-refractivity contribution is -0.118. The normalized spacial score (nSPS) is 17.1. The first-order valence-corrected chi connectivity index (χ1v) is 10.4. The van der Waals surface area contributed by atoms with E-state index in [0.29, 0.717) is 25.9 Å². The molecule has 0 saturated carbocycles. The number of piperidine rings is 1. The lowest BCUT2D eigenvalue weighted by atomic mass is 9.89. The molecule has 1 aliphatic heterocycles. The summed E-state index contributed by atoms with van der Waals surface area (Å²) in [7, 11) is 0. The zero-order valence-corrected chi connectivity index (χ0v) is 16.9.